The number of benzene rings is 1. The summed E-state index contributed by atoms with van der Waals surface area (Å²) in [5.74, 6) is -3.26. The maximum absolute atomic E-state index is 13.5. The van der Waals surface area contributed by atoms with E-state index in [2.05, 4.69) is 15.5 Å². The predicted molar refractivity (Wildman–Crippen MR) is 87.5 cm³/mol. The topological polar surface area (TPSA) is 61.4 Å². The van der Waals surface area contributed by atoms with Gasteiger partial charge in [-0.2, -0.15) is 0 Å². The zero-order valence-electron chi connectivity index (χ0n) is 13.8. The van der Waals surface area contributed by atoms with Crippen molar-refractivity contribution in [3.8, 4) is 0 Å². The van der Waals surface area contributed by atoms with Gasteiger partial charge in [0, 0.05) is 19.2 Å². The smallest absolute Gasteiger partial charge is 0.313 e. The zero-order valence-corrected chi connectivity index (χ0v) is 13.8. The Morgan fingerprint density at radius 2 is 1.88 bits per heavy atom. The summed E-state index contributed by atoms with van der Waals surface area (Å²) in [4.78, 5) is 25.9. The minimum atomic E-state index is -0.967. The van der Waals surface area contributed by atoms with E-state index >= 15 is 0 Å². The lowest BCUT2D eigenvalue weighted by molar-refractivity contribution is -0.136. The molecule has 1 aliphatic heterocycles. The number of likely N-dealkylation sites (tertiary alicyclic amines) is 1. The molecule has 0 radical (unpaired) electrons. The third kappa shape index (κ3) is 5.56. The van der Waals surface area contributed by atoms with Crippen LogP contribution in [0.25, 0.3) is 0 Å². The van der Waals surface area contributed by atoms with Crippen molar-refractivity contribution in [2.75, 3.05) is 31.5 Å². The third-order valence-electron chi connectivity index (χ3n) is 4.02. The number of nitrogens with one attached hydrogen (secondary N) is 2. The summed E-state index contributed by atoms with van der Waals surface area (Å²) in [6, 6.07) is 2.74. The van der Waals surface area contributed by atoms with Crippen LogP contribution in [0.2, 0.25) is 0 Å². The van der Waals surface area contributed by atoms with Crippen LogP contribution in [0.5, 0.6) is 0 Å². The second-order valence-corrected chi connectivity index (χ2v) is 6.25. The SMILES string of the molecule is C[C@H](CNC(=O)C(=O)Nc1ccc(F)cc1F)CN1CCCCC1. The molecule has 1 aromatic rings. The number of amides is 2. The van der Waals surface area contributed by atoms with Crippen molar-refractivity contribution in [1.29, 1.82) is 0 Å². The number of carbonyl (C=O) groups excluding carboxylic acids is 2. The van der Waals surface area contributed by atoms with Gasteiger partial charge >= 0.3 is 11.8 Å². The number of rotatable bonds is 5. The fourth-order valence-corrected chi connectivity index (χ4v) is 2.76. The molecule has 0 unspecified atom stereocenters. The Bertz CT molecular complexity index is 589. The highest BCUT2D eigenvalue weighted by atomic mass is 19.1. The number of piperidine rings is 1. The summed E-state index contributed by atoms with van der Waals surface area (Å²) in [6.07, 6.45) is 3.66. The normalized spacial score (nSPS) is 16.5. The van der Waals surface area contributed by atoms with Gasteiger partial charge in [-0.15, -0.1) is 0 Å². The van der Waals surface area contributed by atoms with Gasteiger partial charge < -0.3 is 15.5 Å². The van der Waals surface area contributed by atoms with E-state index in [4.69, 9.17) is 0 Å². The second kappa shape index (κ2) is 8.73. The van der Waals surface area contributed by atoms with E-state index in [0.29, 0.717) is 12.6 Å². The van der Waals surface area contributed by atoms with E-state index in [1.165, 1.54) is 19.3 Å². The molecule has 1 fully saturated rings. The van der Waals surface area contributed by atoms with Crippen LogP contribution >= 0.6 is 0 Å². The predicted octanol–water partition coefficient (Wildman–Crippen LogP) is 2.14. The van der Waals surface area contributed by atoms with Crippen molar-refractivity contribution < 1.29 is 18.4 Å². The van der Waals surface area contributed by atoms with Crippen molar-refractivity contribution in [2.24, 2.45) is 5.92 Å². The van der Waals surface area contributed by atoms with Gasteiger partial charge in [0.05, 0.1) is 5.69 Å². The van der Waals surface area contributed by atoms with Crippen molar-refractivity contribution in [3.63, 3.8) is 0 Å². The van der Waals surface area contributed by atoms with Crippen molar-refractivity contribution in [1.82, 2.24) is 10.2 Å². The number of hydrogen-bond donors (Lipinski definition) is 2. The first kappa shape index (κ1) is 18.3. The first-order valence-electron chi connectivity index (χ1n) is 8.22. The molecular weight excluding hydrogens is 316 g/mol. The molecule has 1 aromatic carbocycles. The molecule has 0 saturated carbocycles. The molecule has 1 heterocycles. The van der Waals surface area contributed by atoms with E-state index in [1.807, 2.05) is 6.92 Å². The van der Waals surface area contributed by atoms with Gasteiger partial charge in [0.25, 0.3) is 0 Å². The fraction of sp³-hybridized carbons (Fsp3) is 0.529. The van der Waals surface area contributed by atoms with Crippen molar-refractivity contribution >= 4 is 17.5 Å². The van der Waals surface area contributed by atoms with Crippen LogP contribution in [0, 0.1) is 17.6 Å². The molecule has 1 saturated heterocycles. The van der Waals surface area contributed by atoms with E-state index in [1.54, 1.807) is 0 Å². The molecule has 132 valence electrons. The average Bonchev–Trinajstić information content (AvgIpc) is 2.56. The van der Waals surface area contributed by atoms with E-state index in [9.17, 15) is 18.4 Å². The molecule has 5 nitrogen and oxygen atoms in total. The van der Waals surface area contributed by atoms with Gasteiger partial charge in [0.15, 0.2) is 0 Å². The maximum Gasteiger partial charge on any atom is 0.313 e. The van der Waals surface area contributed by atoms with Gasteiger partial charge in [0.2, 0.25) is 0 Å². The Balaban J connectivity index is 1.75. The summed E-state index contributed by atoms with van der Waals surface area (Å²) in [7, 11) is 0. The molecular formula is C17H23F2N3O2. The second-order valence-electron chi connectivity index (χ2n) is 6.25. The Labute approximate surface area is 140 Å². The van der Waals surface area contributed by atoms with Crippen LogP contribution in [0.15, 0.2) is 18.2 Å². The Morgan fingerprint density at radius 1 is 1.17 bits per heavy atom. The monoisotopic (exact) mass is 339 g/mol. The quantitative estimate of drug-likeness (QED) is 0.808. The molecule has 2 N–H and O–H groups in total. The minimum Gasteiger partial charge on any atom is -0.348 e. The Hall–Kier alpha value is -2.02. The molecule has 0 spiro atoms. The third-order valence-corrected chi connectivity index (χ3v) is 4.02. The average molecular weight is 339 g/mol. The lowest BCUT2D eigenvalue weighted by atomic mass is 10.1. The Morgan fingerprint density at radius 3 is 2.54 bits per heavy atom. The molecule has 0 bridgehead atoms. The Kier molecular flexibility index (Phi) is 6.66. The molecule has 0 aliphatic carbocycles. The highest BCUT2D eigenvalue weighted by molar-refractivity contribution is 6.39. The van der Waals surface area contributed by atoms with E-state index < -0.39 is 23.4 Å². The summed E-state index contributed by atoms with van der Waals surface area (Å²) < 4.78 is 26.3. The van der Waals surface area contributed by atoms with Crippen LogP contribution in [-0.2, 0) is 9.59 Å². The minimum absolute atomic E-state index is 0.211. The summed E-state index contributed by atoms with van der Waals surface area (Å²) >= 11 is 0. The van der Waals surface area contributed by atoms with Crippen molar-refractivity contribution in [2.45, 2.75) is 26.2 Å². The zero-order chi connectivity index (χ0) is 17.5. The van der Waals surface area contributed by atoms with Crippen LogP contribution in [-0.4, -0.2) is 42.9 Å². The van der Waals surface area contributed by atoms with Crippen LogP contribution in [0.1, 0.15) is 26.2 Å². The maximum atomic E-state index is 13.5. The lowest BCUT2D eigenvalue weighted by Gasteiger charge is -2.29. The molecule has 0 aromatic heterocycles. The first-order valence-corrected chi connectivity index (χ1v) is 8.22. The number of nitrogens with zero attached hydrogens (tertiary/aromatic N) is 1. The number of carbonyl (C=O) groups is 2. The van der Waals surface area contributed by atoms with Crippen LogP contribution < -0.4 is 10.6 Å². The van der Waals surface area contributed by atoms with E-state index in [-0.39, 0.29) is 11.6 Å². The van der Waals surface area contributed by atoms with Gasteiger partial charge in [0.1, 0.15) is 11.6 Å². The van der Waals surface area contributed by atoms with Crippen LogP contribution in [0.4, 0.5) is 14.5 Å². The molecule has 7 heteroatoms. The number of halogens is 2. The lowest BCUT2D eigenvalue weighted by Crippen LogP contribution is -2.41. The molecule has 1 atom stereocenters. The highest BCUT2D eigenvalue weighted by Gasteiger charge is 2.18. The number of anilines is 1. The summed E-state index contributed by atoms with van der Waals surface area (Å²) in [5, 5.41) is 4.69. The van der Waals surface area contributed by atoms with Gasteiger partial charge in [-0.3, -0.25) is 9.59 Å². The molecule has 1 aliphatic rings. The van der Waals surface area contributed by atoms with Crippen molar-refractivity contribution in [3.05, 3.63) is 29.8 Å². The molecule has 2 rings (SSSR count). The van der Waals surface area contributed by atoms with E-state index in [0.717, 1.165) is 31.8 Å². The molecule has 2 amide bonds. The van der Waals surface area contributed by atoms with Crippen LogP contribution in [0.3, 0.4) is 0 Å². The summed E-state index contributed by atoms with van der Waals surface area (Å²) in [6.45, 7) is 5.39. The van der Waals surface area contributed by atoms with Gasteiger partial charge in [-0.1, -0.05) is 13.3 Å². The van der Waals surface area contributed by atoms with Gasteiger partial charge in [-0.25, -0.2) is 8.78 Å². The highest BCUT2D eigenvalue weighted by Crippen LogP contribution is 2.14. The largest absolute Gasteiger partial charge is 0.348 e. The summed E-state index contributed by atoms with van der Waals surface area (Å²) in [5.41, 5.74) is -0.224. The fourth-order valence-electron chi connectivity index (χ4n) is 2.76. The number of hydrogen-bond acceptors (Lipinski definition) is 3. The first-order chi connectivity index (χ1) is 11.5. The standard InChI is InChI=1S/C17H23F2N3O2/c1-12(11-22-7-3-2-4-8-22)10-20-16(23)17(24)21-15-6-5-13(18)9-14(15)19/h5-6,9,12H,2-4,7-8,10-11H2,1H3,(H,20,23)(H,21,24)/t12-/m1/s1. The molecule has 24 heavy (non-hydrogen) atoms. The van der Waals surface area contributed by atoms with Gasteiger partial charge in [-0.05, 0) is 44.0 Å².